The van der Waals surface area contributed by atoms with Crippen LogP contribution in [0.5, 0.6) is 0 Å². The van der Waals surface area contributed by atoms with Gasteiger partial charge in [-0.25, -0.2) is 4.98 Å². The normalized spacial score (nSPS) is 18.3. The molecule has 0 saturated carbocycles. The number of ketones is 1. The number of aromatic nitrogens is 2. The molecule has 2 aromatic rings. The lowest BCUT2D eigenvalue weighted by Crippen LogP contribution is -2.28. The molecule has 0 bridgehead atoms. The lowest BCUT2D eigenvalue weighted by Gasteiger charge is -2.23. The zero-order valence-electron chi connectivity index (χ0n) is 15.0. The summed E-state index contributed by atoms with van der Waals surface area (Å²) in [6.07, 6.45) is 4.66. The first-order valence-corrected chi connectivity index (χ1v) is 9.46. The largest absolute Gasteiger partial charge is 0.356 e. The zero-order valence-corrected chi connectivity index (χ0v) is 15.0. The van der Waals surface area contributed by atoms with Crippen LogP contribution in [0.4, 0.5) is 11.8 Å². The average Bonchev–Trinajstić information content (AvgIpc) is 3.41. The van der Waals surface area contributed by atoms with Gasteiger partial charge in [-0.05, 0) is 25.7 Å². The number of carbonyl (C=O) groups excluding carboxylic acids is 1. The number of Topliss-reactive ketones (excluding diaryl/α,β-unsaturated/α-hetero) is 1. The van der Waals surface area contributed by atoms with Gasteiger partial charge in [-0.3, -0.25) is 4.79 Å². The standard InChI is InChI=1S/C20H25N5O/c21-18(19(26)15-8-2-1-3-9-15)16-14-17(24-10-4-5-11-24)23-20(22-16)25-12-6-7-13-25/h1-3,8-9,14,18H,4-7,10-13,21H2. The highest BCUT2D eigenvalue weighted by Crippen LogP contribution is 2.26. The summed E-state index contributed by atoms with van der Waals surface area (Å²) in [6, 6.07) is 10.3. The van der Waals surface area contributed by atoms with Crippen LogP contribution in [0.3, 0.4) is 0 Å². The van der Waals surface area contributed by atoms with Crippen LogP contribution in [0.15, 0.2) is 36.4 Å². The number of hydrogen-bond donors (Lipinski definition) is 1. The predicted octanol–water partition coefficient (Wildman–Crippen LogP) is 2.56. The monoisotopic (exact) mass is 351 g/mol. The molecule has 136 valence electrons. The van der Waals surface area contributed by atoms with Gasteiger partial charge in [0, 0.05) is 37.8 Å². The minimum Gasteiger partial charge on any atom is -0.356 e. The molecule has 2 N–H and O–H groups in total. The summed E-state index contributed by atoms with van der Waals surface area (Å²) in [7, 11) is 0. The second-order valence-corrected chi connectivity index (χ2v) is 7.05. The maximum absolute atomic E-state index is 12.8. The smallest absolute Gasteiger partial charge is 0.227 e. The fourth-order valence-corrected chi connectivity index (χ4v) is 3.68. The van der Waals surface area contributed by atoms with E-state index >= 15 is 0 Å². The summed E-state index contributed by atoms with van der Waals surface area (Å²) in [5, 5.41) is 0. The third-order valence-corrected chi connectivity index (χ3v) is 5.20. The number of hydrogen-bond acceptors (Lipinski definition) is 6. The first-order valence-electron chi connectivity index (χ1n) is 9.46. The van der Waals surface area contributed by atoms with Crippen LogP contribution in [-0.4, -0.2) is 41.9 Å². The lowest BCUT2D eigenvalue weighted by molar-refractivity contribution is 0.0959. The summed E-state index contributed by atoms with van der Waals surface area (Å²) < 4.78 is 0. The van der Waals surface area contributed by atoms with Gasteiger partial charge in [0.25, 0.3) is 0 Å². The van der Waals surface area contributed by atoms with Crippen LogP contribution < -0.4 is 15.5 Å². The van der Waals surface area contributed by atoms with E-state index < -0.39 is 6.04 Å². The first-order chi connectivity index (χ1) is 12.7. The second-order valence-electron chi connectivity index (χ2n) is 7.05. The van der Waals surface area contributed by atoms with E-state index in [0.717, 1.165) is 44.8 Å². The van der Waals surface area contributed by atoms with Crippen molar-refractivity contribution in [1.29, 1.82) is 0 Å². The first kappa shape index (κ1) is 17.0. The van der Waals surface area contributed by atoms with E-state index in [9.17, 15) is 4.79 Å². The number of carbonyl (C=O) groups is 1. The van der Waals surface area contributed by atoms with Crippen molar-refractivity contribution in [3.05, 3.63) is 47.7 Å². The van der Waals surface area contributed by atoms with Crippen molar-refractivity contribution in [3.63, 3.8) is 0 Å². The highest BCUT2D eigenvalue weighted by Gasteiger charge is 2.25. The van der Waals surface area contributed by atoms with E-state index in [-0.39, 0.29) is 5.78 Å². The van der Waals surface area contributed by atoms with Crippen molar-refractivity contribution in [2.24, 2.45) is 5.73 Å². The predicted molar refractivity (Wildman–Crippen MR) is 103 cm³/mol. The summed E-state index contributed by atoms with van der Waals surface area (Å²) in [4.78, 5) is 26.7. The molecule has 1 unspecified atom stereocenters. The Morgan fingerprint density at radius 2 is 1.54 bits per heavy atom. The number of nitrogens with two attached hydrogens (primary N) is 1. The molecule has 3 heterocycles. The minimum absolute atomic E-state index is 0.107. The Kier molecular flexibility index (Phi) is 4.84. The van der Waals surface area contributed by atoms with Crippen molar-refractivity contribution >= 4 is 17.5 Å². The van der Waals surface area contributed by atoms with Crippen molar-refractivity contribution in [2.45, 2.75) is 31.7 Å². The van der Waals surface area contributed by atoms with E-state index in [0.29, 0.717) is 17.2 Å². The summed E-state index contributed by atoms with van der Waals surface area (Å²) in [5.41, 5.74) is 7.55. The van der Waals surface area contributed by atoms with E-state index in [1.165, 1.54) is 12.8 Å². The van der Waals surface area contributed by atoms with E-state index in [2.05, 4.69) is 14.8 Å². The minimum atomic E-state index is -0.775. The summed E-state index contributed by atoms with van der Waals surface area (Å²) in [5.74, 6) is 1.49. The molecular weight excluding hydrogens is 326 g/mol. The quantitative estimate of drug-likeness (QED) is 0.835. The molecule has 6 heteroatoms. The molecule has 0 spiro atoms. The van der Waals surface area contributed by atoms with Crippen molar-refractivity contribution in [1.82, 2.24) is 9.97 Å². The molecule has 1 aromatic heterocycles. The number of nitrogens with zero attached hydrogens (tertiary/aromatic N) is 4. The molecule has 6 nitrogen and oxygen atoms in total. The lowest BCUT2D eigenvalue weighted by atomic mass is 10.0. The topological polar surface area (TPSA) is 75.4 Å². The van der Waals surface area contributed by atoms with Crippen LogP contribution in [0, 0.1) is 0 Å². The summed E-state index contributed by atoms with van der Waals surface area (Å²) >= 11 is 0. The van der Waals surface area contributed by atoms with Gasteiger partial charge in [0.15, 0.2) is 5.78 Å². The Hall–Kier alpha value is -2.47. The van der Waals surface area contributed by atoms with Gasteiger partial charge in [0.1, 0.15) is 11.9 Å². The maximum atomic E-state index is 12.8. The zero-order chi connectivity index (χ0) is 17.9. The maximum Gasteiger partial charge on any atom is 0.227 e. The number of rotatable bonds is 5. The fourth-order valence-electron chi connectivity index (χ4n) is 3.68. The molecule has 1 aromatic carbocycles. The third kappa shape index (κ3) is 3.42. The van der Waals surface area contributed by atoms with E-state index in [4.69, 9.17) is 10.7 Å². The van der Waals surface area contributed by atoms with Crippen LogP contribution in [-0.2, 0) is 0 Å². The van der Waals surface area contributed by atoms with Crippen molar-refractivity contribution in [2.75, 3.05) is 36.0 Å². The molecule has 2 fully saturated rings. The number of anilines is 2. The molecule has 1 atom stereocenters. The van der Waals surface area contributed by atoms with Crippen molar-refractivity contribution < 1.29 is 4.79 Å². The van der Waals surface area contributed by atoms with Gasteiger partial charge in [0.2, 0.25) is 5.95 Å². The van der Waals surface area contributed by atoms with Gasteiger partial charge < -0.3 is 15.5 Å². The Labute approximate surface area is 154 Å². The van der Waals surface area contributed by atoms with Gasteiger partial charge in [-0.15, -0.1) is 0 Å². The van der Waals surface area contributed by atoms with E-state index in [1.807, 2.05) is 24.3 Å². The Morgan fingerprint density at radius 1 is 0.923 bits per heavy atom. The molecule has 0 radical (unpaired) electrons. The van der Waals surface area contributed by atoms with E-state index in [1.54, 1.807) is 12.1 Å². The molecule has 0 aliphatic carbocycles. The molecule has 4 rings (SSSR count). The van der Waals surface area contributed by atoms with Gasteiger partial charge in [-0.2, -0.15) is 4.98 Å². The highest BCUT2D eigenvalue weighted by atomic mass is 16.1. The SMILES string of the molecule is NC(C(=O)c1ccccc1)c1cc(N2CCCC2)nc(N2CCCC2)n1. The van der Waals surface area contributed by atoms with Gasteiger partial charge >= 0.3 is 0 Å². The Bertz CT molecular complexity index is 733. The van der Waals surface area contributed by atoms with Gasteiger partial charge in [0.05, 0.1) is 5.69 Å². The van der Waals surface area contributed by atoms with Crippen LogP contribution >= 0.6 is 0 Å². The van der Waals surface area contributed by atoms with Gasteiger partial charge in [-0.1, -0.05) is 30.3 Å². The Balaban J connectivity index is 1.68. The third-order valence-electron chi connectivity index (χ3n) is 5.20. The van der Waals surface area contributed by atoms with Crippen LogP contribution in [0.1, 0.15) is 47.8 Å². The molecule has 2 saturated heterocycles. The van der Waals surface area contributed by atoms with Crippen molar-refractivity contribution in [3.8, 4) is 0 Å². The number of benzene rings is 1. The molecule has 26 heavy (non-hydrogen) atoms. The van der Waals surface area contributed by atoms with Crippen LogP contribution in [0.25, 0.3) is 0 Å². The molecule has 0 amide bonds. The fraction of sp³-hybridized carbons (Fsp3) is 0.450. The second kappa shape index (κ2) is 7.41. The molecule has 2 aliphatic rings. The molecular formula is C20H25N5O. The molecule has 2 aliphatic heterocycles. The highest BCUT2D eigenvalue weighted by molar-refractivity contribution is 6.00. The van der Waals surface area contributed by atoms with Crippen LogP contribution in [0.2, 0.25) is 0 Å². The average molecular weight is 351 g/mol. The summed E-state index contributed by atoms with van der Waals surface area (Å²) in [6.45, 7) is 3.92. The Morgan fingerprint density at radius 3 is 2.19 bits per heavy atom.